The van der Waals surface area contributed by atoms with Crippen LogP contribution in [0.1, 0.15) is 25.0 Å². The summed E-state index contributed by atoms with van der Waals surface area (Å²) in [7, 11) is 0. The minimum absolute atomic E-state index is 0.281. The van der Waals surface area contributed by atoms with Gasteiger partial charge in [-0.2, -0.15) is 13.2 Å². The summed E-state index contributed by atoms with van der Waals surface area (Å²) in [5.41, 5.74) is 1.46. The molecule has 0 saturated carbocycles. The smallest absolute Gasteiger partial charge is 0.166 e. The van der Waals surface area contributed by atoms with Gasteiger partial charge in [0.1, 0.15) is 0 Å². The van der Waals surface area contributed by atoms with Crippen LogP contribution in [0, 0.1) is 6.92 Å². The van der Waals surface area contributed by atoms with Crippen LogP contribution >= 0.6 is 0 Å². The van der Waals surface area contributed by atoms with E-state index in [1.165, 1.54) is 6.92 Å². The topological polar surface area (TPSA) is 0 Å². The van der Waals surface area contributed by atoms with Gasteiger partial charge in [-0.15, -0.1) is 0 Å². The zero-order valence-electron chi connectivity index (χ0n) is 11.1. The molecule has 2 aromatic rings. The molecule has 0 spiro atoms. The molecular formula is C16H15F3. The molecule has 0 aliphatic rings. The molecule has 3 heteroatoms. The standard InChI is InChI=1S/C16H15F3/c1-10-6-4-9-15-13(10)7-5-8-14(15)11(2)12(3)16(17,18)19/h4-9H,1-3H3/b12-11-. The molecule has 2 rings (SSSR count). The van der Waals surface area contributed by atoms with E-state index >= 15 is 0 Å². The predicted octanol–water partition coefficient (Wildman–Crippen LogP) is 5.50. The molecule has 0 N–H and O–H groups in total. The first-order valence-corrected chi connectivity index (χ1v) is 6.05. The molecular weight excluding hydrogens is 249 g/mol. The molecule has 0 radical (unpaired) electrons. The third-order valence-electron chi connectivity index (χ3n) is 3.53. The van der Waals surface area contributed by atoms with Crippen LogP contribution in [0.4, 0.5) is 13.2 Å². The van der Waals surface area contributed by atoms with Crippen molar-refractivity contribution in [1.29, 1.82) is 0 Å². The van der Waals surface area contributed by atoms with Crippen LogP contribution in [-0.4, -0.2) is 6.18 Å². The maximum Gasteiger partial charge on any atom is 0.412 e. The van der Waals surface area contributed by atoms with Crippen LogP contribution in [-0.2, 0) is 0 Å². The molecule has 0 amide bonds. The fourth-order valence-electron chi connectivity index (χ4n) is 2.21. The Labute approximate surface area is 110 Å². The third-order valence-corrected chi connectivity index (χ3v) is 3.53. The number of fused-ring (bicyclic) bond motifs is 1. The Morgan fingerprint density at radius 3 is 2.11 bits per heavy atom. The van der Waals surface area contributed by atoms with E-state index in [4.69, 9.17) is 0 Å². The van der Waals surface area contributed by atoms with Crippen molar-refractivity contribution in [3.05, 3.63) is 53.1 Å². The van der Waals surface area contributed by atoms with Gasteiger partial charge in [0, 0.05) is 5.57 Å². The van der Waals surface area contributed by atoms with Crippen LogP contribution in [0.5, 0.6) is 0 Å². The quantitative estimate of drug-likeness (QED) is 0.637. The summed E-state index contributed by atoms with van der Waals surface area (Å²) in [4.78, 5) is 0. The Kier molecular flexibility index (Phi) is 3.40. The average Bonchev–Trinajstić information content (AvgIpc) is 2.36. The van der Waals surface area contributed by atoms with Crippen molar-refractivity contribution in [2.75, 3.05) is 0 Å². The van der Waals surface area contributed by atoms with Crippen molar-refractivity contribution < 1.29 is 13.2 Å². The van der Waals surface area contributed by atoms with E-state index in [1.54, 1.807) is 12.1 Å². The summed E-state index contributed by atoms with van der Waals surface area (Å²) >= 11 is 0. The van der Waals surface area contributed by atoms with E-state index in [2.05, 4.69) is 0 Å². The molecule has 0 aliphatic heterocycles. The van der Waals surface area contributed by atoms with Gasteiger partial charge in [0.15, 0.2) is 0 Å². The summed E-state index contributed by atoms with van der Waals surface area (Å²) in [6.07, 6.45) is -4.28. The molecule has 0 atom stereocenters. The first-order valence-electron chi connectivity index (χ1n) is 6.05. The lowest BCUT2D eigenvalue weighted by Crippen LogP contribution is -2.10. The van der Waals surface area contributed by atoms with Crippen LogP contribution in [0.25, 0.3) is 16.3 Å². The summed E-state index contributed by atoms with van der Waals surface area (Å²) in [6, 6.07) is 11.2. The highest BCUT2D eigenvalue weighted by Gasteiger charge is 2.32. The van der Waals surface area contributed by atoms with Crippen LogP contribution in [0.3, 0.4) is 0 Å². The second-order valence-electron chi connectivity index (χ2n) is 4.72. The van der Waals surface area contributed by atoms with Gasteiger partial charge in [-0.25, -0.2) is 0 Å². The lowest BCUT2D eigenvalue weighted by molar-refractivity contribution is -0.0907. The molecule has 0 fully saturated rings. The average molecular weight is 264 g/mol. The number of rotatable bonds is 1. The summed E-state index contributed by atoms with van der Waals surface area (Å²) in [5.74, 6) is 0. The molecule has 0 heterocycles. The van der Waals surface area contributed by atoms with Gasteiger partial charge in [0.2, 0.25) is 0 Å². The van der Waals surface area contributed by atoms with Gasteiger partial charge in [-0.05, 0) is 48.2 Å². The largest absolute Gasteiger partial charge is 0.412 e. The predicted molar refractivity (Wildman–Crippen MR) is 73.0 cm³/mol. The second kappa shape index (κ2) is 4.72. The lowest BCUT2D eigenvalue weighted by Gasteiger charge is -2.14. The molecule has 0 bridgehead atoms. The fraction of sp³-hybridized carbons (Fsp3) is 0.250. The lowest BCUT2D eigenvalue weighted by atomic mass is 9.94. The summed E-state index contributed by atoms with van der Waals surface area (Å²) in [6.45, 7) is 4.62. The number of hydrogen-bond donors (Lipinski definition) is 0. The van der Waals surface area contributed by atoms with E-state index in [1.807, 2.05) is 31.2 Å². The Morgan fingerprint density at radius 1 is 0.895 bits per heavy atom. The third kappa shape index (κ3) is 2.50. The van der Waals surface area contributed by atoms with E-state index in [-0.39, 0.29) is 5.57 Å². The van der Waals surface area contributed by atoms with Gasteiger partial charge in [-0.3, -0.25) is 0 Å². The maximum absolute atomic E-state index is 12.8. The van der Waals surface area contributed by atoms with Crippen molar-refractivity contribution in [2.24, 2.45) is 0 Å². The number of aryl methyl sites for hydroxylation is 1. The van der Waals surface area contributed by atoms with Crippen LogP contribution in [0.2, 0.25) is 0 Å². The first-order chi connectivity index (χ1) is 8.82. The Hall–Kier alpha value is -1.77. The Balaban J connectivity index is 2.74. The van der Waals surface area contributed by atoms with Gasteiger partial charge < -0.3 is 0 Å². The molecule has 0 nitrogen and oxygen atoms in total. The second-order valence-corrected chi connectivity index (χ2v) is 4.72. The monoisotopic (exact) mass is 264 g/mol. The summed E-state index contributed by atoms with van der Waals surface area (Å²) < 4.78 is 38.4. The van der Waals surface area contributed by atoms with Gasteiger partial charge in [0.05, 0.1) is 0 Å². The summed E-state index contributed by atoms with van der Waals surface area (Å²) in [5, 5.41) is 1.86. The SMILES string of the molecule is C/C(=C(\C)C(F)(F)F)c1cccc2c(C)cccc12. The van der Waals surface area contributed by atoms with E-state index in [9.17, 15) is 13.2 Å². The van der Waals surface area contributed by atoms with E-state index < -0.39 is 11.7 Å². The number of halogens is 3. The molecule has 0 saturated heterocycles. The molecule has 2 aromatic carbocycles. The minimum Gasteiger partial charge on any atom is -0.166 e. The Morgan fingerprint density at radius 2 is 1.47 bits per heavy atom. The minimum atomic E-state index is -4.28. The highest BCUT2D eigenvalue weighted by atomic mass is 19.4. The van der Waals surface area contributed by atoms with Crippen LogP contribution in [0.15, 0.2) is 42.0 Å². The van der Waals surface area contributed by atoms with Gasteiger partial charge in [0.25, 0.3) is 0 Å². The fourth-order valence-corrected chi connectivity index (χ4v) is 2.21. The highest BCUT2D eigenvalue weighted by molar-refractivity contribution is 5.95. The zero-order chi connectivity index (χ0) is 14.2. The van der Waals surface area contributed by atoms with E-state index in [0.29, 0.717) is 5.56 Å². The molecule has 0 unspecified atom stereocenters. The first kappa shape index (κ1) is 13.7. The Bertz CT molecular complexity index is 649. The highest BCUT2D eigenvalue weighted by Crippen LogP contribution is 2.34. The zero-order valence-corrected chi connectivity index (χ0v) is 11.1. The van der Waals surface area contributed by atoms with Crippen molar-refractivity contribution >= 4 is 16.3 Å². The van der Waals surface area contributed by atoms with Crippen LogP contribution < -0.4 is 0 Å². The number of hydrogen-bond acceptors (Lipinski definition) is 0. The molecule has 0 aromatic heterocycles. The van der Waals surface area contributed by atoms with Crippen molar-refractivity contribution in [1.82, 2.24) is 0 Å². The number of benzene rings is 2. The van der Waals surface area contributed by atoms with Gasteiger partial charge in [-0.1, -0.05) is 36.4 Å². The number of alkyl halides is 3. The van der Waals surface area contributed by atoms with Crippen molar-refractivity contribution in [3.63, 3.8) is 0 Å². The molecule has 19 heavy (non-hydrogen) atoms. The maximum atomic E-state index is 12.8. The van der Waals surface area contributed by atoms with E-state index in [0.717, 1.165) is 23.3 Å². The molecule has 0 aliphatic carbocycles. The van der Waals surface area contributed by atoms with Gasteiger partial charge >= 0.3 is 6.18 Å². The van der Waals surface area contributed by atoms with Crippen molar-refractivity contribution in [3.8, 4) is 0 Å². The molecule has 100 valence electrons. The normalized spacial score (nSPS) is 13.6. The van der Waals surface area contributed by atoms with Crippen molar-refractivity contribution in [2.45, 2.75) is 26.9 Å². The number of allylic oxidation sites excluding steroid dienone is 2.